The van der Waals surface area contributed by atoms with Crippen LogP contribution in [-0.2, 0) is 42.7 Å². The summed E-state index contributed by atoms with van der Waals surface area (Å²) in [7, 11) is 0. The second kappa shape index (κ2) is 26.9. The number of hydrogen-bond acceptors (Lipinski definition) is 13. The van der Waals surface area contributed by atoms with E-state index >= 15 is 0 Å². The minimum atomic E-state index is -0.881. The van der Waals surface area contributed by atoms with Crippen molar-refractivity contribution in [2.75, 3.05) is 124 Å². The Bertz CT molecular complexity index is 1200. The molecule has 0 spiro atoms. The maximum atomic E-state index is 12.6. The fraction of sp³-hybridized carbons (Fsp3) is 0.676. The van der Waals surface area contributed by atoms with E-state index in [0.717, 1.165) is 24.2 Å². The molecule has 1 aromatic carbocycles. The second-order valence-electron chi connectivity index (χ2n) is 10.4. The number of carbonyl (C=O) groups is 2. The van der Waals surface area contributed by atoms with Crippen LogP contribution in [0.2, 0.25) is 0 Å². The second-order valence-corrected chi connectivity index (χ2v) is 10.4. The van der Waals surface area contributed by atoms with E-state index in [-0.39, 0.29) is 30.8 Å². The Morgan fingerprint density at radius 1 is 0.625 bits per heavy atom. The van der Waals surface area contributed by atoms with Crippen molar-refractivity contribution in [1.82, 2.24) is 0 Å². The molecule has 2 rings (SSSR count). The lowest BCUT2D eigenvalue weighted by Crippen LogP contribution is -2.21. The number of carboxylic acid groups (broad SMARTS) is 1. The van der Waals surface area contributed by atoms with Crippen LogP contribution in [-0.4, -0.2) is 136 Å². The third-order valence-corrected chi connectivity index (χ3v) is 6.91. The molecular formula is C34H53NO13. The number of nitrogens with zero attached hydrogens (tertiary/aromatic N) is 1. The van der Waals surface area contributed by atoms with Crippen LogP contribution in [0.15, 0.2) is 33.5 Å². The molecule has 14 heteroatoms. The van der Waals surface area contributed by atoms with E-state index in [9.17, 15) is 14.4 Å². The van der Waals surface area contributed by atoms with Gasteiger partial charge in [0, 0.05) is 43.3 Å². The molecule has 272 valence electrons. The lowest BCUT2D eigenvalue weighted by molar-refractivity contribution is -0.138. The highest BCUT2D eigenvalue weighted by Gasteiger charge is 2.14. The van der Waals surface area contributed by atoms with Gasteiger partial charge in [-0.2, -0.15) is 0 Å². The maximum Gasteiger partial charge on any atom is 0.347 e. The number of rotatable bonds is 32. The van der Waals surface area contributed by atoms with Crippen molar-refractivity contribution in [2.24, 2.45) is 0 Å². The summed E-state index contributed by atoms with van der Waals surface area (Å²) in [6, 6.07) is 7.30. The van der Waals surface area contributed by atoms with E-state index in [4.69, 9.17) is 47.4 Å². The monoisotopic (exact) mass is 683 g/mol. The quantitative estimate of drug-likeness (QED) is 0.0680. The average molecular weight is 684 g/mol. The molecule has 0 atom stereocenters. The zero-order valence-electron chi connectivity index (χ0n) is 28.5. The van der Waals surface area contributed by atoms with Crippen LogP contribution in [0.25, 0.3) is 11.0 Å². The van der Waals surface area contributed by atoms with Crippen LogP contribution >= 0.6 is 0 Å². The molecular weight excluding hydrogens is 630 g/mol. The molecule has 1 aromatic heterocycles. The summed E-state index contributed by atoms with van der Waals surface area (Å²) in [6.07, 6.45) is 0.675. The molecule has 14 nitrogen and oxygen atoms in total. The predicted octanol–water partition coefficient (Wildman–Crippen LogP) is 3.21. The molecule has 0 aliphatic heterocycles. The Labute approximate surface area is 282 Å². The molecule has 0 aliphatic rings. The standard InChI is InChI=1S/C34H53NO13/c1-3-35(4-2)29-8-7-28-26-30(34(39)48-32(28)27-29)31(36)6-5-10-40-12-14-42-16-18-44-20-22-46-24-25-47-23-21-45-19-17-43-15-13-41-11-9-33(37)38/h7-8,26-27H,3-6,9-25H2,1-2H3,(H,37,38). The van der Waals surface area contributed by atoms with E-state index in [2.05, 4.69) is 18.7 Å². The minimum Gasteiger partial charge on any atom is -0.481 e. The van der Waals surface area contributed by atoms with Crippen LogP contribution < -0.4 is 10.5 Å². The first-order valence-electron chi connectivity index (χ1n) is 16.7. The number of ketones is 1. The van der Waals surface area contributed by atoms with Crippen molar-refractivity contribution in [3.05, 3.63) is 40.2 Å². The molecule has 48 heavy (non-hydrogen) atoms. The number of aliphatic carboxylic acids is 1. The summed E-state index contributed by atoms with van der Waals surface area (Å²) in [6.45, 7) is 12.5. The van der Waals surface area contributed by atoms with Gasteiger partial charge in [-0.25, -0.2) is 4.79 Å². The highest BCUT2D eigenvalue weighted by molar-refractivity contribution is 5.98. The lowest BCUT2D eigenvalue weighted by Gasteiger charge is -2.20. The summed E-state index contributed by atoms with van der Waals surface area (Å²) in [5.74, 6) is -1.14. The number of fused-ring (bicyclic) bond motifs is 1. The summed E-state index contributed by atoms with van der Waals surface area (Å²) < 4.78 is 48.7. The van der Waals surface area contributed by atoms with Crippen molar-refractivity contribution in [1.29, 1.82) is 0 Å². The van der Waals surface area contributed by atoms with E-state index < -0.39 is 11.6 Å². The third kappa shape index (κ3) is 18.6. The number of Topliss-reactive ketones (excluding diaryl/α,β-unsaturated/α-hetero) is 1. The summed E-state index contributed by atoms with van der Waals surface area (Å²) in [5, 5.41) is 9.22. The fourth-order valence-electron chi connectivity index (χ4n) is 4.35. The number of carbonyl (C=O) groups excluding carboxylic acids is 1. The van der Waals surface area contributed by atoms with Crippen molar-refractivity contribution in [3.8, 4) is 0 Å². The lowest BCUT2D eigenvalue weighted by atomic mass is 10.1. The molecule has 0 radical (unpaired) electrons. The smallest absolute Gasteiger partial charge is 0.347 e. The van der Waals surface area contributed by atoms with Gasteiger partial charge < -0.3 is 52.3 Å². The fourth-order valence-corrected chi connectivity index (χ4v) is 4.35. The summed E-state index contributed by atoms with van der Waals surface area (Å²) >= 11 is 0. The Kier molecular flexibility index (Phi) is 23.1. The predicted molar refractivity (Wildman–Crippen MR) is 178 cm³/mol. The van der Waals surface area contributed by atoms with Crippen molar-refractivity contribution < 1.29 is 57.0 Å². The number of benzene rings is 1. The summed E-state index contributed by atoms with van der Waals surface area (Å²) in [4.78, 5) is 37.6. The molecule has 1 heterocycles. The maximum absolute atomic E-state index is 12.6. The van der Waals surface area contributed by atoms with Crippen LogP contribution in [0.1, 0.15) is 43.5 Å². The SMILES string of the molecule is CCN(CC)c1ccc2cc(C(=O)CCCOCCOCCOCCOCCOCCOCCOCCOCCC(=O)O)c(=O)oc2c1. The van der Waals surface area contributed by atoms with Gasteiger partial charge in [0.1, 0.15) is 11.1 Å². The van der Waals surface area contributed by atoms with Gasteiger partial charge in [0.15, 0.2) is 5.78 Å². The zero-order valence-corrected chi connectivity index (χ0v) is 28.5. The van der Waals surface area contributed by atoms with Gasteiger partial charge in [0.25, 0.3) is 0 Å². The van der Waals surface area contributed by atoms with Gasteiger partial charge >= 0.3 is 11.6 Å². The zero-order chi connectivity index (χ0) is 34.7. The average Bonchev–Trinajstić information content (AvgIpc) is 3.07. The van der Waals surface area contributed by atoms with E-state index in [1.165, 1.54) is 0 Å². The van der Waals surface area contributed by atoms with Crippen LogP contribution in [0.4, 0.5) is 5.69 Å². The molecule has 0 unspecified atom stereocenters. The minimum absolute atomic E-state index is 0.0107. The Morgan fingerprint density at radius 3 is 1.50 bits per heavy atom. The highest BCUT2D eigenvalue weighted by atomic mass is 16.6. The van der Waals surface area contributed by atoms with Crippen molar-refractivity contribution in [2.45, 2.75) is 33.1 Å². The molecule has 0 aliphatic carbocycles. The molecule has 0 amide bonds. The number of anilines is 1. The van der Waals surface area contributed by atoms with E-state index in [1.807, 2.05) is 18.2 Å². The van der Waals surface area contributed by atoms with Gasteiger partial charge in [-0.05, 0) is 38.5 Å². The first-order chi connectivity index (χ1) is 23.5. The Balaban J connectivity index is 1.34. The largest absolute Gasteiger partial charge is 0.481 e. The van der Waals surface area contributed by atoms with E-state index in [0.29, 0.717) is 111 Å². The van der Waals surface area contributed by atoms with Gasteiger partial charge in [-0.1, -0.05) is 0 Å². The van der Waals surface area contributed by atoms with Crippen LogP contribution in [0.5, 0.6) is 0 Å². The Hall–Kier alpha value is -2.95. The normalized spacial score (nSPS) is 11.4. The molecule has 0 saturated heterocycles. The van der Waals surface area contributed by atoms with Gasteiger partial charge in [0.05, 0.1) is 106 Å². The molecule has 0 fully saturated rings. The van der Waals surface area contributed by atoms with Gasteiger partial charge in [-0.3, -0.25) is 9.59 Å². The van der Waals surface area contributed by atoms with Crippen LogP contribution in [0, 0.1) is 0 Å². The third-order valence-electron chi connectivity index (χ3n) is 6.91. The number of hydrogen-bond donors (Lipinski definition) is 1. The number of carboxylic acids is 1. The topological polar surface area (TPSA) is 162 Å². The van der Waals surface area contributed by atoms with Crippen molar-refractivity contribution in [3.63, 3.8) is 0 Å². The summed E-state index contributed by atoms with van der Waals surface area (Å²) in [5.41, 5.74) is 0.901. The number of ether oxygens (including phenoxy) is 8. The van der Waals surface area contributed by atoms with Crippen LogP contribution in [0.3, 0.4) is 0 Å². The van der Waals surface area contributed by atoms with Gasteiger partial charge in [-0.15, -0.1) is 0 Å². The molecule has 0 bridgehead atoms. The first-order valence-corrected chi connectivity index (χ1v) is 16.7. The first kappa shape index (κ1) is 41.2. The highest BCUT2D eigenvalue weighted by Crippen LogP contribution is 2.22. The molecule has 2 aromatic rings. The van der Waals surface area contributed by atoms with Gasteiger partial charge in [0.2, 0.25) is 0 Å². The van der Waals surface area contributed by atoms with E-state index in [1.54, 1.807) is 6.07 Å². The Morgan fingerprint density at radius 2 is 1.06 bits per heavy atom. The molecule has 0 saturated carbocycles. The molecule has 1 N–H and O–H groups in total. The van der Waals surface area contributed by atoms with Crippen molar-refractivity contribution >= 4 is 28.4 Å².